The van der Waals surface area contributed by atoms with E-state index in [1.807, 2.05) is 6.92 Å². The normalized spacial score (nSPS) is 14.4. The highest BCUT2D eigenvalue weighted by atomic mass is 19.4. The van der Waals surface area contributed by atoms with E-state index in [1.165, 1.54) is 0 Å². The van der Waals surface area contributed by atoms with E-state index in [9.17, 15) is 13.2 Å². The van der Waals surface area contributed by atoms with Crippen LogP contribution in [0, 0.1) is 0 Å². The van der Waals surface area contributed by atoms with Crippen molar-refractivity contribution in [3.8, 4) is 0 Å². The van der Waals surface area contributed by atoms with Crippen LogP contribution in [-0.2, 0) is 9.47 Å². The largest absolute Gasteiger partial charge is 0.522 e. The second-order valence-corrected chi connectivity index (χ2v) is 2.81. The highest BCUT2D eigenvalue weighted by Crippen LogP contribution is 2.15. The van der Waals surface area contributed by atoms with E-state index >= 15 is 0 Å². The van der Waals surface area contributed by atoms with Gasteiger partial charge in [0.05, 0.1) is 13.2 Å². The number of rotatable bonds is 7. The molecule has 0 aliphatic carbocycles. The van der Waals surface area contributed by atoms with E-state index in [2.05, 4.69) is 10.1 Å². The van der Waals surface area contributed by atoms with Crippen LogP contribution in [0.4, 0.5) is 13.2 Å². The molecule has 0 aromatic heterocycles. The van der Waals surface area contributed by atoms with Gasteiger partial charge in [-0.1, -0.05) is 6.92 Å². The van der Waals surface area contributed by atoms with Gasteiger partial charge in [-0.3, -0.25) is 4.74 Å². The maximum absolute atomic E-state index is 11.5. The number of hydrogen-bond acceptors (Lipinski definition) is 3. The molecular formula is C8H16F3NO2. The minimum absolute atomic E-state index is 0.0804. The summed E-state index contributed by atoms with van der Waals surface area (Å²) in [7, 11) is 1.55. The second-order valence-electron chi connectivity index (χ2n) is 2.81. The Morgan fingerprint density at radius 1 is 1.36 bits per heavy atom. The second kappa shape index (κ2) is 7.03. The average Bonchev–Trinajstić information content (AvgIpc) is 2.08. The predicted molar refractivity (Wildman–Crippen MR) is 46.0 cm³/mol. The minimum Gasteiger partial charge on any atom is -0.383 e. The fourth-order valence-electron chi connectivity index (χ4n) is 0.952. The molecule has 3 nitrogen and oxygen atoms in total. The first-order chi connectivity index (χ1) is 6.49. The van der Waals surface area contributed by atoms with Crippen LogP contribution < -0.4 is 5.32 Å². The number of alkyl halides is 3. The number of halogens is 3. The van der Waals surface area contributed by atoms with Gasteiger partial charge >= 0.3 is 6.36 Å². The summed E-state index contributed by atoms with van der Waals surface area (Å²) >= 11 is 0. The van der Waals surface area contributed by atoms with Gasteiger partial charge in [-0.05, 0) is 6.42 Å². The quantitative estimate of drug-likeness (QED) is 0.653. The molecule has 0 radical (unpaired) electrons. The van der Waals surface area contributed by atoms with E-state index in [0.29, 0.717) is 6.61 Å². The molecule has 0 fully saturated rings. The fraction of sp³-hybridized carbons (Fsp3) is 1.00. The Hall–Kier alpha value is -0.330. The number of hydrogen-bond donors (Lipinski definition) is 1. The van der Waals surface area contributed by atoms with Gasteiger partial charge in [-0.2, -0.15) is 0 Å². The third-order valence-corrected chi connectivity index (χ3v) is 1.66. The summed E-state index contributed by atoms with van der Waals surface area (Å²) in [5, 5.41) is 2.89. The first-order valence-corrected chi connectivity index (χ1v) is 4.42. The van der Waals surface area contributed by atoms with Crippen LogP contribution in [0.3, 0.4) is 0 Å². The third-order valence-electron chi connectivity index (χ3n) is 1.66. The van der Waals surface area contributed by atoms with Gasteiger partial charge in [0, 0.05) is 19.7 Å². The molecule has 0 amide bonds. The van der Waals surface area contributed by atoms with Crippen molar-refractivity contribution in [2.45, 2.75) is 25.7 Å². The molecule has 1 N–H and O–H groups in total. The van der Waals surface area contributed by atoms with Crippen LogP contribution in [0.5, 0.6) is 0 Å². The third kappa shape index (κ3) is 8.28. The van der Waals surface area contributed by atoms with Gasteiger partial charge in [-0.25, -0.2) is 0 Å². The van der Waals surface area contributed by atoms with E-state index in [0.717, 1.165) is 6.42 Å². The zero-order valence-electron chi connectivity index (χ0n) is 8.36. The lowest BCUT2D eigenvalue weighted by molar-refractivity contribution is -0.323. The average molecular weight is 215 g/mol. The van der Waals surface area contributed by atoms with Crippen LogP contribution >= 0.6 is 0 Å². The van der Waals surface area contributed by atoms with E-state index < -0.39 is 6.36 Å². The SMILES string of the molecule is CCC(COC)NCCOC(F)(F)F. The van der Waals surface area contributed by atoms with Crippen LogP contribution in [0.25, 0.3) is 0 Å². The van der Waals surface area contributed by atoms with Gasteiger partial charge in [0.2, 0.25) is 0 Å². The molecule has 0 spiro atoms. The molecular weight excluding hydrogens is 199 g/mol. The molecule has 86 valence electrons. The van der Waals surface area contributed by atoms with Crippen molar-refractivity contribution in [3.63, 3.8) is 0 Å². The standard InChI is InChI=1S/C8H16F3NO2/c1-3-7(6-13-2)12-4-5-14-8(9,10)11/h7,12H,3-6H2,1-2H3. The molecule has 14 heavy (non-hydrogen) atoms. The predicted octanol–water partition coefficient (Wildman–Crippen LogP) is 1.54. The molecule has 0 bridgehead atoms. The summed E-state index contributed by atoms with van der Waals surface area (Å²) in [6.07, 6.45) is -3.73. The van der Waals surface area contributed by atoms with E-state index in [4.69, 9.17) is 4.74 Å². The summed E-state index contributed by atoms with van der Waals surface area (Å²) in [5.74, 6) is 0. The topological polar surface area (TPSA) is 30.5 Å². The molecule has 6 heteroatoms. The monoisotopic (exact) mass is 215 g/mol. The molecule has 1 atom stereocenters. The Bertz CT molecular complexity index is 141. The van der Waals surface area contributed by atoms with Gasteiger partial charge in [0.1, 0.15) is 0 Å². The highest BCUT2D eigenvalue weighted by Gasteiger charge is 2.28. The Balaban J connectivity index is 3.42. The lowest BCUT2D eigenvalue weighted by Crippen LogP contribution is -2.35. The zero-order chi connectivity index (χ0) is 11.0. The van der Waals surface area contributed by atoms with Gasteiger partial charge in [0.15, 0.2) is 0 Å². The lowest BCUT2D eigenvalue weighted by Gasteiger charge is -2.16. The van der Waals surface area contributed by atoms with Crippen LogP contribution in [0.2, 0.25) is 0 Å². The summed E-state index contributed by atoms with van der Waals surface area (Å²) in [5.41, 5.74) is 0. The van der Waals surface area contributed by atoms with Gasteiger partial charge in [-0.15, -0.1) is 13.2 Å². The maximum Gasteiger partial charge on any atom is 0.522 e. The molecule has 0 heterocycles. The van der Waals surface area contributed by atoms with Crippen molar-refractivity contribution >= 4 is 0 Å². The van der Waals surface area contributed by atoms with Crippen molar-refractivity contribution < 1.29 is 22.6 Å². The Labute approximate surface area is 81.6 Å². The van der Waals surface area contributed by atoms with Crippen LogP contribution in [0.1, 0.15) is 13.3 Å². The summed E-state index contributed by atoms with van der Waals surface area (Å²) in [4.78, 5) is 0. The molecule has 0 aliphatic heterocycles. The first-order valence-electron chi connectivity index (χ1n) is 4.42. The smallest absolute Gasteiger partial charge is 0.383 e. The Kier molecular flexibility index (Phi) is 6.86. The fourth-order valence-corrected chi connectivity index (χ4v) is 0.952. The van der Waals surface area contributed by atoms with Crippen molar-refractivity contribution in [2.24, 2.45) is 0 Å². The van der Waals surface area contributed by atoms with E-state index in [-0.39, 0.29) is 19.2 Å². The first kappa shape index (κ1) is 13.7. The molecule has 0 rings (SSSR count). The van der Waals surface area contributed by atoms with Crippen molar-refractivity contribution in [1.29, 1.82) is 0 Å². The van der Waals surface area contributed by atoms with Gasteiger partial charge < -0.3 is 10.1 Å². The van der Waals surface area contributed by atoms with Crippen LogP contribution in [0.15, 0.2) is 0 Å². The number of nitrogens with one attached hydrogen (secondary N) is 1. The van der Waals surface area contributed by atoms with Gasteiger partial charge in [0.25, 0.3) is 0 Å². The van der Waals surface area contributed by atoms with Crippen LogP contribution in [-0.4, -0.2) is 39.3 Å². The molecule has 0 aromatic carbocycles. The molecule has 0 aromatic rings. The molecule has 1 unspecified atom stereocenters. The summed E-state index contributed by atoms with van der Waals surface area (Å²) in [6.45, 7) is 2.22. The molecule has 0 saturated heterocycles. The summed E-state index contributed by atoms with van der Waals surface area (Å²) in [6, 6.07) is 0.0804. The molecule has 0 saturated carbocycles. The van der Waals surface area contributed by atoms with E-state index in [1.54, 1.807) is 7.11 Å². The number of methoxy groups -OCH3 is 1. The zero-order valence-corrected chi connectivity index (χ0v) is 8.36. The lowest BCUT2D eigenvalue weighted by atomic mass is 10.2. The van der Waals surface area contributed by atoms with Crippen molar-refractivity contribution in [3.05, 3.63) is 0 Å². The maximum atomic E-state index is 11.5. The van der Waals surface area contributed by atoms with Crippen molar-refractivity contribution in [2.75, 3.05) is 26.9 Å². The number of ether oxygens (including phenoxy) is 2. The Morgan fingerprint density at radius 3 is 2.43 bits per heavy atom. The highest BCUT2D eigenvalue weighted by molar-refractivity contribution is 4.62. The Morgan fingerprint density at radius 2 is 2.00 bits per heavy atom. The summed E-state index contributed by atoms with van der Waals surface area (Å²) < 4.78 is 43.1. The minimum atomic E-state index is -4.54. The molecule has 0 aliphatic rings. The van der Waals surface area contributed by atoms with Crippen molar-refractivity contribution in [1.82, 2.24) is 5.32 Å².